The van der Waals surface area contributed by atoms with Gasteiger partial charge >= 0.3 is 0 Å². The number of benzene rings is 1. The zero-order chi connectivity index (χ0) is 14.3. The van der Waals surface area contributed by atoms with Gasteiger partial charge in [0, 0.05) is 11.6 Å². The number of carbonyl (C=O) groups is 1. The smallest absolute Gasteiger partial charge is 0.192 e. The van der Waals surface area contributed by atoms with E-state index in [1.54, 1.807) is 0 Å². The minimum Gasteiger partial charge on any atom is -0.416 e. The van der Waals surface area contributed by atoms with Crippen molar-refractivity contribution in [2.24, 2.45) is 0 Å². The number of halogens is 1. The third-order valence-electron chi connectivity index (χ3n) is 3.96. The van der Waals surface area contributed by atoms with Gasteiger partial charge in [0.15, 0.2) is 8.32 Å². The lowest BCUT2D eigenvalue weighted by atomic mass is 10.0. The summed E-state index contributed by atoms with van der Waals surface area (Å²) in [6, 6.07) is 10.7. The van der Waals surface area contributed by atoms with E-state index in [0.717, 1.165) is 30.0 Å². The maximum atomic E-state index is 11.3. The van der Waals surface area contributed by atoms with Crippen LogP contribution in [0.2, 0.25) is 23.2 Å². The van der Waals surface area contributed by atoms with E-state index in [1.807, 2.05) is 24.3 Å². The molecular formula is C15H23ClO2Si. The molecule has 0 aliphatic heterocycles. The molecule has 0 N–H and O–H groups in total. The maximum absolute atomic E-state index is 11.3. The third kappa shape index (κ3) is 4.44. The molecule has 0 aromatic heterocycles. The Hall–Kier alpha value is -0.643. The number of hydrogen-bond donors (Lipinski definition) is 0. The van der Waals surface area contributed by atoms with Crippen molar-refractivity contribution < 1.29 is 9.22 Å². The summed E-state index contributed by atoms with van der Waals surface area (Å²) in [6.45, 7) is 7.07. The zero-order valence-corrected chi connectivity index (χ0v) is 13.7. The van der Waals surface area contributed by atoms with Gasteiger partial charge in [0.25, 0.3) is 0 Å². The van der Waals surface area contributed by atoms with Crippen LogP contribution in [0.3, 0.4) is 0 Å². The number of rotatable bonds is 8. The van der Waals surface area contributed by atoms with Gasteiger partial charge in [0.2, 0.25) is 0 Å². The van der Waals surface area contributed by atoms with Crippen molar-refractivity contribution in [2.45, 2.75) is 44.8 Å². The lowest BCUT2D eigenvalue weighted by Gasteiger charge is -2.29. The molecule has 1 atom stereocenters. The molecule has 0 fully saturated rings. The maximum Gasteiger partial charge on any atom is 0.192 e. The van der Waals surface area contributed by atoms with Crippen LogP contribution in [0.1, 0.15) is 32.3 Å². The fourth-order valence-corrected chi connectivity index (χ4v) is 5.02. The van der Waals surface area contributed by atoms with E-state index in [0.29, 0.717) is 11.6 Å². The third-order valence-corrected chi connectivity index (χ3v) is 8.86. The molecule has 0 unspecified atom stereocenters. The Morgan fingerprint density at radius 2 is 1.68 bits per heavy atom. The minimum absolute atomic E-state index is 0.186. The van der Waals surface area contributed by atoms with Crippen molar-refractivity contribution in [3.63, 3.8) is 0 Å². The second-order valence-corrected chi connectivity index (χ2v) is 10.1. The van der Waals surface area contributed by atoms with E-state index >= 15 is 0 Å². The molecule has 0 aliphatic carbocycles. The average Bonchev–Trinajstić information content (AvgIpc) is 2.46. The van der Waals surface area contributed by atoms with Crippen molar-refractivity contribution in [3.05, 3.63) is 34.9 Å². The Morgan fingerprint density at radius 3 is 2.11 bits per heavy atom. The van der Waals surface area contributed by atoms with Crippen LogP contribution in [0.4, 0.5) is 0 Å². The molecule has 0 heterocycles. The fourth-order valence-electron chi connectivity index (χ4n) is 2.25. The molecule has 0 amide bonds. The first-order valence-corrected chi connectivity index (χ1v) is 9.86. The molecule has 1 aromatic carbocycles. The van der Waals surface area contributed by atoms with E-state index in [-0.39, 0.29) is 5.92 Å². The van der Waals surface area contributed by atoms with Crippen molar-refractivity contribution in [1.82, 2.24) is 0 Å². The molecule has 0 spiro atoms. The Bertz CT molecular complexity index is 379. The summed E-state index contributed by atoms with van der Waals surface area (Å²) in [4.78, 5) is 11.3. The molecule has 2 nitrogen and oxygen atoms in total. The van der Waals surface area contributed by atoms with Crippen LogP contribution < -0.4 is 0 Å². The Morgan fingerprint density at radius 1 is 1.16 bits per heavy atom. The highest BCUT2D eigenvalue weighted by Crippen LogP contribution is 2.25. The topological polar surface area (TPSA) is 26.3 Å². The first-order valence-electron chi connectivity index (χ1n) is 6.95. The highest BCUT2D eigenvalue weighted by atomic mass is 35.5. The van der Waals surface area contributed by atoms with Crippen LogP contribution in [0, 0.1) is 0 Å². The van der Waals surface area contributed by atoms with Crippen LogP contribution in [0.25, 0.3) is 0 Å². The van der Waals surface area contributed by atoms with Gasteiger partial charge in [-0.15, -0.1) is 0 Å². The summed E-state index contributed by atoms with van der Waals surface area (Å²) in [5, 5.41) is 0.689. The summed E-state index contributed by atoms with van der Waals surface area (Å²) in [5.74, 6) is -0.186. The van der Waals surface area contributed by atoms with E-state index in [2.05, 4.69) is 20.8 Å². The molecule has 0 saturated carbocycles. The minimum atomic E-state index is -1.63. The zero-order valence-electron chi connectivity index (χ0n) is 12.0. The molecule has 4 heteroatoms. The van der Waals surface area contributed by atoms with Crippen LogP contribution in [0.5, 0.6) is 0 Å². The second-order valence-electron chi connectivity index (χ2n) is 4.85. The van der Waals surface area contributed by atoms with Crippen molar-refractivity contribution in [1.29, 1.82) is 0 Å². The van der Waals surface area contributed by atoms with E-state index in [1.165, 1.54) is 0 Å². The lowest BCUT2D eigenvalue weighted by Crippen LogP contribution is -2.37. The van der Waals surface area contributed by atoms with Gasteiger partial charge in [-0.3, -0.25) is 0 Å². The van der Waals surface area contributed by atoms with Crippen LogP contribution in [-0.4, -0.2) is 21.2 Å². The number of carbonyl (C=O) groups excluding carboxylic acids is 1. The van der Waals surface area contributed by atoms with Crippen LogP contribution >= 0.6 is 11.6 Å². The Kier molecular flexibility index (Phi) is 6.76. The van der Waals surface area contributed by atoms with Gasteiger partial charge in [-0.25, -0.2) is 0 Å². The second kappa shape index (κ2) is 7.83. The van der Waals surface area contributed by atoms with E-state index in [4.69, 9.17) is 16.0 Å². The summed E-state index contributed by atoms with van der Waals surface area (Å²) in [5.41, 5.74) is 0.977. The summed E-state index contributed by atoms with van der Waals surface area (Å²) in [7, 11) is -1.63. The molecule has 0 bridgehead atoms. The largest absolute Gasteiger partial charge is 0.416 e. The highest BCUT2D eigenvalue weighted by Gasteiger charge is 2.29. The molecule has 0 aliphatic rings. The molecule has 1 rings (SSSR count). The Balaban J connectivity index is 2.72. The number of aldehydes is 1. The average molecular weight is 299 g/mol. The molecular weight excluding hydrogens is 276 g/mol. The van der Waals surface area contributed by atoms with Gasteiger partial charge in [-0.05, 0) is 35.8 Å². The van der Waals surface area contributed by atoms with E-state index in [9.17, 15) is 4.79 Å². The summed E-state index contributed by atoms with van der Waals surface area (Å²) in [6.07, 6.45) is 0.976. The van der Waals surface area contributed by atoms with Gasteiger partial charge in [0.1, 0.15) is 6.29 Å². The fraction of sp³-hybridized carbons (Fsp3) is 0.533. The van der Waals surface area contributed by atoms with Crippen LogP contribution in [-0.2, 0) is 9.22 Å². The van der Waals surface area contributed by atoms with Gasteiger partial charge in [0.05, 0.1) is 5.92 Å². The molecule has 19 heavy (non-hydrogen) atoms. The predicted molar refractivity (Wildman–Crippen MR) is 83.4 cm³/mol. The molecule has 106 valence electrons. The van der Waals surface area contributed by atoms with E-state index < -0.39 is 8.32 Å². The Labute approximate surface area is 122 Å². The van der Waals surface area contributed by atoms with Crippen molar-refractivity contribution in [3.8, 4) is 0 Å². The quantitative estimate of drug-likeness (QED) is 0.516. The monoisotopic (exact) mass is 298 g/mol. The summed E-state index contributed by atoms with van der Waals surface area (Å²) >= 11 is 5.86. The molecule has 1 aromatic rings. The predicted octanol–water partition coefficient (Wildman–Crippen LogP) is 4.64. The normalized spacial score (nSPS) is 13.3. The molecule has 0 saturated heterocycles. The first-order chi connectivity index (χ1) is 9.10. The SMILES string of the molecule is CC[Si](CC)(CC)OC[C@@H](C=O)c1ccc(Cl)cc1. The standard InChI is InChI=1S/C15H23ClO2Si/c1-4-19(5-2,6-3)18-12-14(11-17)13-7-9-15(16)10-8-13/h7-11,14H,4-6,12H2,1-3H3/t14-/m1/s1. The molecule has 0 radical (unpaired) electrons. The van der Waals surface area contributed by atoms with Gasteiger partial charge in [-0.2, -0.15) is 0 Å². The van der Waals surface area contributed by atoms with Crippen molar-refractivity contribution in [2.75, 3.05) is 6.61 Å². The van der Waals surface area contributed by atoms with Crippen LogP contribution in [0.15, 0.2) is 24.3 Å². The first kappa shape index (κ1) is 16.4. The summed E-state index contributed by atoms with van der Waals surface area (Å²) < 4.78 is 6.19. The van der Waals surface area contributed by atoms with Gasteiger partial charge < -0.3 is 9.22 Å². The lowest BCUT2D eigenvalue weighted by molar-refractivity contribution is -0.109. The number of hydrogen-bond acceptors (Lipinski definition) is 2. The highest BCUT2D eigenvalue weighted by molar-refractivity contribution is 6.73. The van der Waals surface area contributed by atoms with Crippen molar-refractivity contribution >= 4 is 26.2 Å². The van der Waals surface area contributed by atoms with Gasteiger partial charge in [-0.1, -0.05) is 44.5 Å².